The monoisotopic (exact) mass is 501 g/mol. The topological polar surface area (TPSA) is 199 Å². The van der Waals surface area contributed by atoms with Crippen LogP contribution in [-0.2, 0) is 25.6 Å². The highest BCUT2D eigenvalue weighted by molar-refractivity contribution is 6.22. The largest absolute Gasteiger partial charge is 0.508 e. The van der Waals surface area contributed by atoms with Crippen molar-refractivity contribution in [1.82, 2.24) is 5.32 Å². The number of primary amides is 1. The summed E-state index contributed by atoms with van der Waals surface area (Å²) in [6.45, 7) is -0.0720. The summed E-state index contributed by atoms with van der Waals surface area (Å²) in [5, 5.41) is 49.0. The fraction of sp³-hybridized carbons (Fsp3) is 0.417. The molecule has 1 unspecified atom stereocenters. The zero-order valence-electron chi connectivity index (χ0n) is 18.9. The predicted octanol–water partition coefficient (Wildman–Crippen LogP) is 0.253. The van der Waals surface area contributed by atoms with E-state index in [9.17, 15) is 39.6 Å². The van der Waals surface area contributed by atoms with Crippen LogP contribution in [0.3, 0.4) is 0 Å². The van der Waals surface area contributed by atoms with Crippen molar-refractivity contribution in [2.45, 2.75) is 43.7 Å². The molecule has 11 nitrogen and oxygen atoms in total. The maximum atomic E-state index is 15.1. The van der Waals surface area contributed by atoms with Crippen LogP contribution in [0.25, 0.3) is 5.76 Å². The molecule has 1 aromatic carbocycles. The summed E-state index contributed by atoms with van der Waals surface area (Å²) in [5.41, 5.74) is 0.322. The van der Waals surface area contributed by atoms with E-state index >= 15 is 4.39 Å². The second-order valence-electron chi connectivity index (χ2n) is 9.72. The molecule has 0 bridgehead atoms. The van der Waals surface area contributed by atoms with Gasteiger partial charge in [0.15, 0.2) is 17.1 Å². The van der Waals surface area contributed by atoms with Gasteiger partial charge in [-0.15, -0.1) is 0 Å². The number of fused-ring (bicyclic) bond motifs is 3. The van der Waals surface area contributed by atoms with E-state index in [1.165, 1.54) is 0 Å². The SMILES string of the molecule is NC(=O)C1=C(O)[C@@]2(O)C(=O)C3=C(O)c4c(O)c(NC(=O)CNC5CC5)cc(F)c4CC3C[C@H]2CC1=O. The maximum Gasteiger partial charge on any atom is 0.255 e. The fourth-order valence-electron chi connectivity index (χ4n) is 5.46. The number of Topliss-reactive ketones (excluding diaryl/α,β-unsaturated/α-hetero) is 2. The van der Waals surface area contributed by atoms with Gasteiger partial charge in [-0.2, -0.15) is 0 Å². The highest BCUT2D eigenvalue weighted by Gasteiger charge is 2.60. The molecule has 0 radical (unpaired) electrons. The molecule has 8 N–H and O–H groups in total. The lowest BCUT2D eigenvalue weighted by Crippen LogP contribution is -2.58. The van der Waals surface area contributed by atoms with Gasteiger partial charge in [0, 0.05) is 35.6 Å². The van der Waals surface area contributed by atoms with Crippen molar-refractivity contribution in [3.05, 3.63) is 39.9 Å². The lowest BCUT2D eigenvalue weighted by atomic mass is 9.59. The van der Waals surface area contributed by atoms with Crippen LogP contribution in [0.1, 0.15) is 36.8 Å². The molecular weight excluding hydrogens is 477 g/mol. The molecule has 0 spiro atoms. The molecule has 2 amide bonds. The van der Waals surface area contributed by atoms with Crippen LogP contribution in [0, 0.1) is 17.7 Å². The number of carbonyl (C=O) groups is 4. The molecular formula is C24H24FN3O8. The summed E-state index contributed by atoms with van der Waals surface area (Å²) in [7, 11) is 0. The summed E-state index contributed by atoms with van der Waals surface area (Å²) in [4.78, 5) is 49.7. The second-order valence-corrected chi connectivity index (χ2v) is 9.72. The first-order chi connectivity index (χ1) is 16.9. The highest BCUT2D eigenvalue weighted by Crippen LogP contribution is 2.53. The van der Waals surface area contributed by atoms with Crippen molar-refractivity contribution in [1.29, 1.82) is 0 Å². The van der Waals surface area contributed by atoms with Gasteiger partial charge < -0.3 is 36.8 Å². The zero-order valence-corrected chi connectivity index (χ0v) is 18.9. The number of phenols is 1. The normalized spacial score (nSPS) is 27.4. The van der Waals surface area contributed by atoms with Crippen LogP contribution in [0.5, 0.6) is 5.75 Å². The Morgan fingerprint density at radius 2 is 1.86 bits per heavy atom. The zero-order chi connectivity index (χ0) is 26.1. The fourth-order valence-corrected chi connectivity index (χ4v) is 5.46. The highest BCUT2D eigenvalue weighted by atomic mass is 19.1. The minimum atomic E-state index is -2.70. The quantitative estimate of drug-likeness (QED) is 0.218. The van der Waals surface area contributed by atoms with Crippen LogP contribution in [0.15, 0.2) is 23.0 Å². The number of aromatic hydroxyl groups is 1. The van der Waals surface area contributed by atoms with Gasteiger partial charge in [-0.05, 0) is 31.6 Å². The standard InChI is InChI=1S/C24H24FN3O8/c25-12-6-13(28-15(30)7-27-10-1-2-10)19(31)17-11(12)4-8-3-9-5-14(29)18(23(26)35)22(34)24(9,36)21(33)16(8)20(17)32/h6,8-10,27,31-32,34,36H,1-5,7H2,(H2,26,35)(H,28,30)/t8?,9-,24-/m0/s1. The lowest BCUT2D eigenvalue weighted by molar-refractivity contribution is -0.147. The van der Waals surface area contributed by atoms with Gasteiger partial charge in [-0.1, -0.05) is 0 Å². The van der Waals surface area contributed by atoms with Gasteiger partial charge in [0.05, 0.1) is 17.8 Å². The van der Waals surface area contributed by atoms with Crippen molar-refractivity contribution in [2.24, 2.45) is 17.6 Å². The van der Waals surface area contributed by atoms with E-state index in [0.717, 1.165) is 18.9 Å². The van der Waals surface area contributed by atoms with Crippen molar-refractivity contribution < 1.29 is 44.0 Å². The minimum absolute atomic E-state index is 0.0720. The molecule has 5 rings (SSSR count). The number of nitrogens with one attached hydrogen (secondary N) is 2. The van der Waals surface area contributed by atoms with Gasteiger partial charge in [0.1, 0.15) is 22.9 Å². The Hall–Kier alpha value is -3.77. The first-order valence-corrected chi connectivity index (χ1v) is 11.5. The van der Waals surface area contributed by atoms with E-state index in [1.54, 1.807) is 0 Å². The van der Waals surface area contributed by atoms with E-state index in [0.29, 0.717) is 0 Å². The molecule has 2 fully saturated rings. The molecule has 36 heavy (non-hydrogen) atoms. The van der Waals surface area contributed by atoms with Crippen LogP contribution in [0.2, 0.25) is 0 Å². The number of anilines is 1. The Balaban J connectivity index is 1.57. The molecule has 190 valence electrons. The van der Waals surface area contributed by atoms with Gasteiger partial charge in [0.25, 0.3) is 5.91 Å². The van der Waals surface area contributed by atoms with E-state index in [4.69, 9.17) is 5.73 Å². The number of benzene rings is 1. The Kier molecular flexibility index (Phi) is 5.41. The van der Waals surface area contributed by atoms with E-state index < -0.39 is 81.5 Å². The first kappa shape index (κ1) is 23.9. The average molecular weight is 501 g/mol. The molecule has 0 saturated heterocycles. The summed E-state index contributed by atoms with van der Waals surface area (Å²) >= 11 is 0. The van der Waals surface area contributed by atoms with Crippen LogP contribution in [-0.4, -0.2) is 62.0 Å². The average Bonchev–Trinajstić information content (AvgIpc) is 3.62. The number of hydrogen-bond donors (Lipinski definition) is 7. The third-order valence-electron chi connectivity index (χ3n) is 7.41. The third-order valence-corrected chi connectivity index (χ3v) is 7.41. The van der Waals surface area contributed by atoms with Crippen molar-refractivity contribution in [2.75, 3.05) is 11.9 Å². The molecule has 12 heteroatoms. The number of aliphatic hydroxyl groups excluding tert-OH is 2. The summed E-state index contributed by atoms with van der Waals surface area (Å²) in [6, 6.07) is 1.15. The molecule has 3 atom stereocenters. The third kappa shape index (κ3) is 3.47. The Labute approximate surface area is 203 Å². The van der Waals surface area contributed by atoms with Crippen molar-refractivity contribution >= 4 is 34.8 Å². The lowest BCUT2D eigenvalue weighted by Gasteiger charge is -2.46. The Morgan fingerprint density at radius 3 is 2.50 bits per heavy atom. The maximum absolute atomic E-state index is 15.1. The Bertz CT molecular complexity index is 1310. The number of aliphatic hydroxyl groups is 3. The minimum Gasteiger partial charge on any atom is -0.508 e. The number of carbonyl (C=O) groups excluding carboxylic acids is 4. The van der Waals surface area contributed by atoms with Gasteiger partial charge in [-0.25, -0.2) is 4.39 Å². The Morgan fingerprint density at radius 1 is 1.17 bits per heavy atom. The van der Waals surface area contributed by atoms with Gasteiger partial charge >= 0.3 is 0 Å². The van der Waals surface area contributed by atoms with E-state index in [2.05, 4.69) is 10.6 Å². The molecule has 1 aromatic rings. The number of rotatable bonds is 5. The van der Waals surface area contributed by atoms with Crippen molar-refractivity contribution in [3.8, 4) is 5.75 Å². The van der Waals surface area contributed by atoms with E-state index in [1.807, 2.05) is 0 Å². The van der Waals surface area contributed by atoms with Gasteiger partial charge in [0.2, 0.25) is 11.7 Å². The van der Waals surface area contributed by atoms with Crippen LogP contribution in [0.4, 0.5) is 10.1 Å². The molecule has 4 aliphatic rings. The summed E-state index contributed by atoms with van der Waals surface area (Å²) in [5.74, 6) is -9.40. The first-order valence-electron chi connectivity index (χ1n) is 11.5. The molecule has 0 heterocycles. The van der Waals surface area contributed by atoms with Crippen molar-refractivity contribution in [3.63, 3.8) is 0 Å². The number of phenolic OH excluding ortho intramolecular Hbond substituents is 1. The van der Waals surface area contributed by atoms with Gasteiger partial charge in [-0.3, -0.25) is 19.2 Å². The molecule has 0 aliphatic heterocycles. The second kappa shape index (κ2) is 8.14. The number of ketones is 2. The predicted molar refractivity (Wildman–Crippen MR) is 121 cm³/mol. The number of halogens is 1. The molecule has 0 aromatic heterocycles. The summed E-state index contributed by atoms with van der Waals surface area (Å²) in [6.07, 6.45) is 1.15. The van der Waals surface area contributed by atoms with Crippen LogP contribution >= 0.6 is 0 Å². The number of nitrogens with two attached hydrogens (primary N) is 1. The number of hydrogen-bond acceptors (Lipinski definition) is 9. The smallest absolute Gasteiger partial charge is 0.255 e. The number of amides is 2. The summed E-state index contributed by atoms with van der Waals surface area (Å²) < 4.78 is 15.1. The molecule has 4 aliphatic carbocycles. The molecule has 2 saturated carbocycles. The van der Waals surface area contributed by atoms with E-state index in [-0.39, 0.29) is 42.3 Å². The van der Waals surface area contributed by atoms with Crippen LogP contribution < -0.4 is 16.4 Å².